The quantitative estimate of drug-likeness (QED) is 0.776. The summed E-state index contributed by atoms with van der Waals surface area (Å²) in [4.78, 5) is 28.3. The second-order valence-electron chi connectivity index (χ2n) is 7.92. The monoisotopic (exact) mass is 389 g/mol. The lowest BCUT2D eigenvalue weighted by molar-refractivity contribution is -0.137. The van der Waals surface area contributed by atoms with Gasteiger partial charge in [0, 0.05) is 30.3 Å². The number of rotatable bonds is 6. The summed E-state index contributed by atoms with van der Waals surface area (Å²) in [6.45, 7) is 5.70. The van der Waals surface area contributed by atoms with E-state index in [9.17, 15) is 9.59 Å². The zero-order chi connectivity index (χ0) is 20.3. The average Bonchev–Trinajstić information content (AvgIpc) is 2.97. The maximum Gasteiger partial charge on any atom is 0.252 e. The minimum absolute atomic E-state index is 0.0143. The topological polar surface area (TPSA) is 79.9 Å². The van der Waals surface area contributed by atoms with E-state index in [1.807, 2.05) is 18.7 Å². The molecule has 28 heavy (non-hydrogen) atoms. The van der Waals surface area contributed by atoms with Gasteiger partial charge in [0.2, 0.25) is 5.91 Å². The lowest BCUT2D eigenvalue weighted by Crippen LogP contribution is -2.55. The smallest absolute Gasteiger partial charge is 0.252 e. The number of hydrogen-bond donors (Lipinski definition) is 2. The fourth-order valence-corrected chi connectivity index (χ4v) is 4.18. The van der Waals surface area contributed by atoms with E-state index in [2.05, 4.69) is 10.6 Å². The Morgan fingerprint density at radius 1 is 1.07 bits per heavy atom. The summed E-state index contributed by atoms with van der Waals surface area (Å²) < 4.78 is 10.5. The van der Waals surface area contributed by atoms with Crippen molar-refractivity contribution < 1.29 is 19.1 Å². The zero-order valence-corrected chi connectivity index (χ0v) is 17.2. The number of ether oxygens (including phenoxy) is 2. The van der Waals surface area contributed by atoms with E-state index >= 15 is 0 Å². The van der Waals surface area contributed by atoms with Crippen molar-refractivity contribution in [2.45, 2.75) is 51.2 Å². The van der Waals surface area contributed by atoms with Crippen LogP contribution in [0.1, 0.15) is 43.5 Å². The van der Waals surface area contributed by atoms with Gasteiger partial charge in [0.05, 0.1) is 14.2 Å². The van der Waals surface area contributed by atoms with E-state index < -0.39 is 6.04 Å². The molecule has 2 bridgehead atoms. The van der Waals surface area contributed by atoms with Crippen LogP contribution in [0.4, 0.5) is 0 Å². The van der Waals surface area contributed by atoms with Crippen LogP contribution in [0.3, 0.4) is 0 Å². The van der Waals surface area contributed by atoms with E-state index in [1.54, 1.807) is 32.4 Å². The molecule has 3 unspecified atom stereocenters. The van der Waals surface area contributed by atoms with E-state index in [0.717, 1.165) is 32.4 Å². The molecular formula is C21H31N3O4. The number of hydrogen-bond acceptors (Lipinski definition) is 5. The molecule has 0 radical (unpaired) electrons. The summed E-state index contributed by atoms with van der Waals surface area (Å²) in [5, 5.41) is 6.37. The predicted octanol–water partition coefficient (Wildman–Crippen LogP) is 1.81. The molecule has 2 amide bonds. The van der Waals surface area contributed by atoms with Gasteiger partial charge in [-0.05, 0) is 43.9 Å². The normalized spacial score (nSPS) is 22.5. The summed E-state index contributed by atoms with van der Waals surface area (Å²) in [5.74, 6) is 0.778. The Hall–Kier alpha value is -2.28. The van der Waals surface area contributed by atoms with Gasteiger partial charge in [-0.1, -0.05) is 13.8 Å². The van der Waals surface area contributed by atoms with Gasteiger partial charge < -0.3 is 25.0 Å². The molecule has 154 valence electrons. The molecule has 3 rings (SSSR count). The lowest BCUT2D eigenvalue weighted by Gasteiger charge is -2.33. The fourth-order valence-electron chi connectivity index (χ4n) is 4.18. The molecule has 2 heterocycles. The van der Waals surface area contributed by atoms with Crippen molar-refractivity contribution in [3.05, 3.63) is 23.8 Å². The van der Waals surface area contributed by atoms with Crippen LogP contribution in [0.2, 0.25) is 0 Å². The SMILES string of the molecule is COc1cc(OC)cc(C(=O)NC(C(=O)N2C3CCNCC2CC3)C(C)C)c1. The number of carbonyl (C=O) groups is 2. The van der Waals surface area contributed by atoms with E-state index in [1.165, 1.54) is 0 Å². The highest BCUT2D eigenvalue weighted by atomic mass is 16.5. The highest BCUT2D eigenvalue weighted by molar-refractivity contribution is 5.98. The molecule has 7 nitrogen and oxygen atoms in total. The third-order valence-corrected chi connectivity index (χ3v) is 5.74. The summed E-state index contributed by atoms with van der Waals surface area (Å²) in [7, 11) is 3.08. The van der Waals surface area contributed by atoms with Crippen molar-refractivity contribution in [2.24, 2.45) is 5.92 Å². The first kappa shape index (κ1) is 20.5. The van der Waals surface area contributed by atoms with Crippen LogP contribution in [-0.2, 0) is 4.79 Å². The van der Waals surface area contributed by atoms with Crippen LogP contribution in [-0.4, -0.2) is 62.1 Å². The van der Waals surface area contributed by atoms with Crippen LogP contribution in [0.5, 0.6) is 11.5 Å². The lowest BCUT2D eigenvalue weighted by atomic mass is 10.0. The summed E-state index contributed by atoms with van der Waals surface area (Å²) in [6.07, 6.45) is 3.03. The van der Waals surface area contributed by atoms with Gasteiger partial charge in [0.15, 0.2) is 0 Å². The predicted molar refractivity (Wildman–Crippen MR) is 107 cm³/mol. The second kappa shape index (κ2) is 8.82. The molecule has 0 aromatic heterocycles. The largest absolute Gasteiger partial charge is 0.497 e. The number of amides is 2. The van der Waals surface area contributed by atoms with Gasteiger partial charge in [0.25, 0.3) is 5.91 Å². The van der Waals surface area contributed by atoms with Crippen molar-refractivity contribution in [3.8, 4) is 11.5 Å². The van der Waals surface area contributed by atoms with Crippen LogP contribution < -0.4 is 20.1 Å². The Balaban J connectivity index is 1.79. The van der Waals surface area contributed by atoms with Gasteiger partial charge in [0.1, 0.15) is 17.5 Å². The maximum absolute atomic E-state index is 13.4. The number of methoxy groups -OCH3 is 2. The molecule has 0 aliphatic carbocycles. The highest BCUT2D eigenvalue weighted by Gasteiger charge is 2.41. The van der Waals surface area contributed by atoms with Gasteiger partial charge in [-0.2, -0.15) is 0 Å². The second-order valence-corrected chi connectivity index (χ2v) is 7.92. The first-order chi connectivity index (χ1) is 13.4. The molecule has 7 heteroatoms. The van der Waals surface area contributed by atoms with Crippen LogP contribution in [0, 0.1) is 5.92 Å². The van der Waals surface area contributed by atoms with Crippen molar-refractivity contribution >= 4 is 11.8 Å². The van der Waals surface area contributed by atoms with Crippen LogP contribution in [0.15, 0.2) is 18.2 Å². The summed E-state index contributed by atoms with van der Waals surface area (Å²) in [6, 6.07) is 4.94. The first-order valence-electron chi connectivity index (χ1n) is 10.0. The van der Waals surface area contributed by atoms with E-state index in [4.69, 9.17) is 9.47 Å². The minimum Gasteiger partial charge on any atom is -0.497 e. The molecule has 0 saturated carbocycles. The van der Waals surface area contributed by atoms with Crippen LogP contribution in [0.25, 0.3) is 0 Å². The third-order valence-electron chi connectivity index (χ3n) is 5.74. The number of carbonyl (C=O) groups excluding carboxylic acids is 2. The Kier molecular flexibility index (Phi) is 6.44. The average molecular weight is 389 g/mol. The van der Waals surface area contributed by atoms with E-state index in [0.29, 0.717) is 17.1 Å². The number of nitrogens with one attached hydrogen (secondary N) is 2. The molecule has 2 aliphatic heterocycles. The Morgan fingerprint density at radius 2 is 1.71 bits per heavy atom. The summed E-state index contributed by atoms with van der Waals surface area (Å²) in [5.41, 5.74) is 0.412. The van der Waals surface area contributed by atoms with Gasteiger partial charge >= 0.3 is 0 Å². The molecule has 2 fully saturated rings. The van der Waals surface area contributed by atoms with Crippen LogP contribution >= 0.6 is 0 Å². The molecule has 2 saturated heterocycles. The Morgan fingerprint density at radius 3 is 2.32 bits per heavy atom. The van der Waals surface area contributed by atoms with Crippen molar-refractivity contribution in [2.75, 3.05) is 27.3 Å². The Bertz CT molecular complexity index is 685. The number of nitrogens with zero attached hydrogens (tertiary/aromatic N) is 1. The molecule has 1 aromatic carbocycles. The number of fused-ring (bicyclic) bond motifs is 2. The standard InChI is InChI=1S/C21H31N3O4/c1-13(2)19(21(26)24-15-5-6-16(24)12-22-8-7-15)23-20(25)14-9-17(27-3)11-18(10-14)28-4/h9-11,13,15-16,19,22H,5-8,12H2,1-4H3,(H,23,25). The number of benzene rings is 1. The molecule has 2 aliphatic rings. The van der Waals surface area contributed by atoms with Crippen molar-refractivity contribution in [1.82, 2.24) is 15.5 Å². The molecule has 2 N–H and O–H groups in total. The third kappa shape index (κ3) is 4.24. The zero-order valence-electron chi connectivity index (χ0n) is 17.2. The molecular weight excluding hydrogens is 358 g/mol. The van der Waals surface area contributed by atoms with Crippen molar-refractivity contribution in [1.29, 1.82) is 0 Å². The minimum atomic E-state index is -0.564. The van der Waals surface area contributed by atoms with E-state index in [-0.39, 0.29) is 29.8 Å². The molecule has 0 spiro atoms. The molecule has 3 atom stereocenters. The van der Waals surface area contributed by atoms with Crippen molar-refractivity contribution in [3.63, 3.8) is 0 Å². The maximum atomic E-state index is 13.4. The van der Waals surface area contributed by atoms with Gasteiger partial charge in [-0.15, -0.1) is 0 Å². The van der Waals surface area contributed by atoms with Gasteiger partial charge in [-0.25, -0.2) is 0 Å². The summed E-state index contributed by atoms with van der Waals surface area (Å²) >= 11 is 0. The first-order valence-corrected chi connectivity index (χ1v) is 10.0. The van der Waals surface area contributed by atoms with Gasteiger partial charge in [-0.3, -0.25) is 9.59 Å². The Labute approximate surface area is 166 Å². The fraction of sp³-hybridized carbons (Fsp3) is 0.619. The molecule has 1 aromatic rings. The highest BCUT2D eigenvalue weighted by Crippen LogP contribution is 2.29.